The first-order valence-corrected chi connectivity index (χ1v) is 20.5. The van der Waals surface area contributed by atoms with Gasteiger partial charge in [0.15, 0.2) is 0 Å². The van der Waals surface area contributed by atoms with Gasteiger partial charge in [-0.05, 0) is 46.5 Å². The zero-order chi connectivity index (χ0) is 31.6. The van der Waals surface area contributed by atoms with Gasteiger partial charge in [-0.3, -0.25) is 0 Å². The van der Waals surface area contributed by atoms with E-state index in [-0.39, 0.29) is 28.3 Å². The Bertz CT molecular complexity index is 739. The third kappa shape index (κ3) is 15.5. The van der Waals surface area contributed by atoms with Gasteiger partial charge >= 0.3 is 161 Å². The quantitative estimate of drug-likeness (QED) is 0.0696. The van der Waals surface area contributed by atoms with Crippen molar-refractivity contribution < 1.29 is 14.7 Å². The van der Waals surface area contributed by atoms with Crippen LogP contribution in [0.3, 0.4) is 0 Å². The van der Waals surface area contributed by atoms with Gasteiger partial charge in [-0.25, -0.2) is 0 Å². The standard InChI is InChI=1S/C36H75N2O3P/c1-33(2)27-31(28-34(3,4)37-33)25-23-21-19-17-15-13-11-9-10-12-14-16-18-20-22-24-26-42(39,40,41)32-29-35(5,6)38-36(7,8)30-32/h31-32,37-41H,9-30H2,1-8H3. The van der Waals surface area contributed by atoms with Crippen LogP contribution in [0.4, 0.5) is 0 Å². The molecule has 0 radical (unpaired) electrons. The number of hydrogen-bond acceptors (Lipinski definition) is 5. The van der Waals surface area contributed by atoms with Gasteiger partial charge in [0.1, 0.15) is 0 Å². The van der Waals surface area contributed by atoms with Crippen LogP contribution in [0, 0.1) is 5.92 Å². The summed E-state index contributed by atoms with van der Waals surface area (Å²) in [5.41, 5.74) is -0.246. The van der Waals surface area contributed by atoms with Crippen LogP contribution in [-0.4, -0.2) is 48.7 Å². The zero-order valence-electron chi connectivity index (χ0n) is 29.5. The normalized spacial score (nSPS) is 23.5. The van der Waals surface area contributed by atoms with E-state index >= 15 is 0 Å². The summed E-state index contributed by atoms with van der Waals surface area (Å²) in [4.78, 5) is 32.9. The minimum absolute atomic E-state index is 0.164. The average Bonchev–Trinajstić information content (AvgIpc) is 2.79. The molecule has 252 valence electrons. The molecule has 0 saturated carbocycles. The third-order valence-corrected chi connectivity index (χ3v) is 13.2. The molecule has 0 aromatic carbocycles. The molecule has 5 nitrogen and oxygen atoms in total. The number of rotatable bonds is 20. The van der Waals surface area contributed by atoms with E-state index in [1.807, 2.05) is 0 Å². The minimum Gasteiger partial charge on any atom is -0.307 e. The summed E-state index contributed by atoms with van der Waals surface area (Å²) in [5, 5.41) is 7.39. The second-order valence-electron chi connectivity index (χ2n) is 17.5. The van der Waals surface area contributed by atoms with Crippen molar-refractivity contribution >= 4 is 7.28 Å². The number of piperidine rings is 2. The topological polar surface area (TPSA) is 84.8 Å². The predicted molar refractivity (Wildman–Crippen MR) is 185 cm³/mol. The molecule has 0 aromatic heterocycles. The van der Waals surface area contributed by atoms with Crippen molar-refractivity contribution in [2.75, 3.05) is 6.16 Å². The number of hydrogen-bond donors (Lipinski definition) is 5. The Morgan fingerprint density at radius 2 is 0.738 bits per heavy atom. The minimum atomic E-state index is -4.63. The molecule has 0 bridgehead atoms. The maximum Gasteiger partial charge on any atom is 0.0132 e. The Kier molecular flexibility index (Phi) is 14.8. The van der Waals surface area contributed by atoms with Gasteiger partial charge in [-0.1, -0.05) is 38.5 Å². The van der Waals surface area contributed by atoms with Crippen molar-refractivity contribution in [3.63, 3.8) is 0 Å². The second kappa shape index (κ2) is 16.2. The molecule has 5 N–H and O–H groups in total. The number of nitrogens with one attached hydrogen (secondary N) is 2. The van der Waals surface area contributed by atoms with Crippen LogP contribution >= 0.6 is 7.28 Å². The van der Waals surface area contributed by atoms with Crippen molar-refractivity contribution in [1.29, 1.82) is 0 Å². The number of unbranched alkanes of at least 4 members (excludes halogenated alkanes) is 15. The summed E-state index contributed by atoms with van der Waals surface area (Å²) in [6, 6.07) is 0. The van der Waals surface area contributed by atoms with Gasteiger partial charge in [-0.2, -0.15) is 0 Å². The maximum atomic E-state index is 11.0. The molecule has 0 aliphatic carbocycles. The first-order valence-electron chi connectivity index (χ1n) is 18.1. The molecule has 2 aliphatic rings. The smallest absolute Gasteiger partial charge is 0.0132 e. The molecule has 2 saturated heterocycles. The largest absolute Gasteiger partial charge is 0.307 e. The molecule has 0 aromatic rings. The van der Waals surface area contributed by atoms with Crippen LogP contribution in [0.5, 0.6) is 0 Å². The summed E-state index contributed by atoms with van der Waals surface area (Å²) in [6.45, 7) is 17.8. The Morgan fingerprint density at radius 1 is 0.452 bits per heavy atom. The Morgan fingerprint density at radius 3 is 1.10 bits per heavy atom. The van der Waals surface area contributed by atoms with Crippen molar-refractivity contribution in [2.24, 2.45) is 5.92 Å². The van der Waals surface area contributed by atoms with Gasteiger partial charge in [-0.15, -0.1) is 0 Å². The van der Waals surface area contributed by atoms with Gasteiger partial charge in [0.2, 0.25) is 0 Å². The molecule has 0 amide bonds. The van der Waals surface area contributed by atoms with E-state index in [0.29, 0.717) is 19.3 Å². The molecule has 6 heteroatoms. The molecular formula is C36H75N2O3P. The molecule has 2 aliphatic heterocycles. The first-order chi connectivity index (χ1) is 19.3. The van der Waals surface area contributed by atoms with E-state index in [2.05, 4.69) is 66.0 Å². The monoisotopic (exact) mass is 615 g/mol. The second-order valence-corrected chi connectivity index (χ2v) is 21.1. The van der Waals surface area contributed by atoms with Crippen LogP contribution in [0.15, 0.2) is 0 Å². The molecule has 0 unspecified atom stereocenters. The maximum absolute atomic E-state index is 11.0. The summed E-state index contributed by atoms with van der Waals surface area (Å²) in [5.74, 6) is 0.893. The van der Waals surface area contributed by atoms with Crippen molar-refractivity contribution in [3.8, 4) is 0 Å². The Labute approximate surface area is 262 Å². The average molecular weight is 615 g/mol. The summed E-state index contributed by atoms with van der Waals surface area (Å²) in [6.07, 6.45) is 26.1. The van der Waals surface area contributed by atoms with E-state index in [1.54, 1.807) is 0 Å². The molecular weight excluding hydrogens is 539 g/mol. The predicted octanol–water partition coefficient (Wildman–Crippen LogP) is 9.76. The fourth-order valence-electron chi connectivity index (χ4n) is 8.89. The molecule has 2 heterocycles. The summed E-state index contributed by atoms with van der Waals surface area (Å²) >= 11 is 0. The summed E-state index contributed by atoms with van der Waals surface area (Å²) < 4.78 is 0. The van der Waals surface area contributed by atoms with E-state index < -0.39 is 12.9 Å². The van der Waals surface area contributed by atoms with Gasteiger partial charge in [0.05, 0.1) is 0 Å². The summed E-state index contributed by atoms with van der Waals surface area (Å²) in [7, 11) is -4.63. The fraction of sp³-hybridized carbons (Fsp3) is 1.00. The van der Waals surface area contributed by atoms with Crippen molar-refractivity contribution in [3.05, 3.63) is 0 Å². The van der Waals surface area contributed by atoms with E-state index in [9.17, 15) is 14.7 Å². The van der Waals surface area contributed by atoms with Crippen LogP contribution in [0.1, 0.15) is 190 Å². The molecule has 2 fully saturated rings. The first kappa shape index (κ1) is 38.4. The Balaban J connectivity index is 1.38. The van der Waals surface area contributed by atoms with Gasteiger partial charge in [0.25, 0.3) is 0 Å². The third-order valence-electron chi connectivity index (χ3n) is 10.1. The fourth-order valence-corrected chi connectivity index (χ4v) is 11.7. The van der Waals surface area contributed by atoms with Crippen LogP contribution in [-0.2, 0) is 0 Å². The van der Waals surface area contributed by atoms with Crippen LogP contribution in [0.2, 0.25) is 0 Å². The SMILES string of the molecule is CC1(C)CC(CCCCCCCCCCCCCCCCCCP(O)(O)(O)C2CC(C)(C)NC(C)(C)C2)CC(C)(C)N1. The van der Waals surface area contributed by atoms with Gasteiger partial charge < -0.3 is 5.32 Å². The molecule has 42 heavy (non-hydrogen) atoms. The van der Waals surface area contributed by atoms with E-state index in [1.165, 1.54) is 103 Å². The molecule has 0 atom stereocenters. The van der Waals surface area contributed by atoms with Gasteiger partial charge in [0, 0.05) is 11.1 Å². The molecule has 0 spiro atoms. The van der Waals surface area contributed by atoms with E-state index in [4.69, 9.17) is 0 Å². The van der Waals surface area contributed by atoms with Crippen molar-refractivity contribution in [1.82, 2.24) is 10.6 Å². The zero-order valence-corrected chi connectivity index (χ0v) is 30.4. The van der Waals surface area contributed by atoms with Crippen LogP contribution in [0.25, 0.3) is 0 Å². The van der Waals surface area contributed by atoms with Crippen LogP contribution < -0.4 is 10.6 Å². The van der Waals surface area contributed by atoms with E-state index in [0.717, 1.165) is 18.8 Å². The molecule has 2 rings (SSSR count). The van der Waals surface area contributed by atoms with Crippen molar-refractivity contribution in [2.45, 2.75) is 218 Å². The Hall–Kier alpha value is 0.230.